The molecule has 0 aromatic heterocycles. The number of anilines is 1. The van der Waals surface area contributed by atoms with E-state index in [0.29, 0.717) is 12.2 Å². The molecule has 5 heteroatoms. The molecule has 1 aromatic carbocycles. The normalized spacial score (nSPS) is 11.9. The van der Waals surface area contributed by atoms with E-state index in [1.54, 1.807) is 7.11 Å². The molecule has 88 valence electrons. The molecule has 0 aliphatic heterocycles. The molecule has 1 aromatic rings. The summed E-state index contributed by atoms with van der Waals surface area (Å²) in [5.41, 5.74) is 6.03. The summed E-state index contributed by atoms with van der Waals surface area (Å²) in [4.78, 5) is 11.1. The smallest absolute Gasteiger partial charge is 0.239 e. The summed E-state index contributed by atoms with van der Waals surface area (Å²) in [7, 11) is 1.58. The van der Waals surface area contributed by atoms with Crippen LogP contribution in [0.25, 0.3) is 0 Å². The van der Waals surface area contributed by atoms with Crippen LogP contribution in [0.4, 0.5) is 5.69 Å². The quantitative estimate of drug-likeness (QED) is 0.872. The van der Waals surface area contributed by atoms with Crippen molar-refractivity contribution in [2.75, 3.05) is 12.4 Å². The van der Waals surface area contributed by atoms with Crippen LogP contribution >= 0.6 is 15.9 Å². The lowest BCUT2D eigenvalue weighted by molar-refractivity contribution is -0.118. The zero-order chi connectivity index (χ0) is 12.1. The molecule has 0 aliphatic carbocycles. The fourth-order valence-electron chi connectivity index (χ4n) is 1.35. The summed E-state index contributed by atoms with van der Waals surface area (Å²) in [6.45, 7) is 1.90. The highest BCUT2D eigenvalue weighted by Gasteiger charge is 2.14. The van der Waals surface area contributed by atoms with Gasteiger partial charge in [0.2, 0.25) is 5.91 Å². The molecule has 16 heavy (non-hydrogen) atoms. The molecule has 1 unspecified atom stereocenters. The number of halogens is 1. The van der Waals surface area contributed by atoms with Crippen molar-refractivity contribution in [1.82, 2.24) is 0 Å². The van der Waals surface area contributed by atoms with Crippen LogP contribution in [-0.4, -0.2) is 19.1 Å². The lowest BCUT2D eigenvalue weighted by Crippen LogP contribution is -2.34. The number of nitrogens with one attached hydrogen (secondary N) is 1. The number of carbonyl (C=O) groups is 1. The monoisotopic (exact) mass is 286 g/mol. The van der Waals surface area contributed by atoms with Gasteiger partial charge in [-0.15, -0.1) is 0 Å². The fourth-order valence-corrected chi connectivity index (χ4v) is 1.69. The number of hydrogen-bond donors (Lipinski definition) is 2. The highest BCUT2D eigenvalue weighted by atomic mass is 79.9. The summed E-state index contributed by atoms with van der Waals surface area (Å²) in [6.07, 6.45) is 0.633. The SMILES string of the molecule is CCC(Nc1ccc(Br)cc1OC)C(N)=O. The zero-order valence-corrected chi connectivity index (χ0v) is 10.9. The molecule has 0 aliphatic rings. The number of hydrogen-bond acceptors (Lipinski definition) is 3. The number of carbonyl (C=O) groups excluding carboxylic acids is 1. The molecule has 1 rings (SSSR count). The van der Waals surface area contributed by atoms with E-state index in [2.05, 4.69) is 21.2 Å². The first kappa shape index (κ1) is 12.8. The van der Waals surface area contributed by atoms with Crippen LogP contribution in [0.2, 0.25) is 0 Å². The van der Waals surface area contributed by atoms with Crippen molar-refractivity contribution >= 4 is 27.5 Å². The van der Waals surface area contributed by atoms with Gasteiger partial charge < -0.3 is 15.8 Å². The molecule has 0 spiro atoms. The number of amides is 1. The van der Waals surface area contributed by atoms with Crippen molar-refractivity contribution in [3.8, 4) is 5.75 Å². The highest BCUT2D eigenvalue weighted by Crippen LogP contribution is 2.28. The molecule has 0 saturated heterocycles. The van der Waals surface area contributed by atoms with E-state index in [0.717, 1.165) is 10.2 Å². The van der Waals surface area contributed by atoms with Crippen molar-refractivity contribution in [2.45, 2.75) is 19.4 Å². The zero-order valence-electron chi connectivity index (χ0n) is 9.29. The van der Waals surface area contributed by atoms with E-state index in [1.165, 1.54) is 0 Å². The molecule has 3 N–H and O–H groups in total. The number of methoxy groups -OCH3 is 1. The molecule has 0 heterocycles. The minimum absolute atomic E-state index is 0.368. The summed E-state index contributed by atoms with van der Waals surface area (Å²) < 4.78 is 6.13. The van der Waals surface area contributed by atoms with Crippen molar-refractivity contribution in [3.05, 3.63) is 22.7 Å². The average molecular weight is 287 g/mol. The average Bonchev–Trinajstić information content (AvgIpc) is 2.26. The Morgan fingerprint density at radius 2 is 2.31 bits per heavy atom. The molecular weight excluding hydrogens is 272 g/mol. The van der Waals surface area contributed by atoms with Gasteiger partial charge in [-0.2, -0.15) is 0 Å². The molecule has 0 fully saturated rings. The second kappa shape index (κ2) is 5.75. The Kier molecular flexibility index (Phi) is 4.61. The predicted octanol–water partition coefficient (Wildman–Crippen LogP) is 2.13. The van der Waals surface area contributed by atoms with Crippen molar-refractivity contribution in [1.29, 1.82) is 0 Å². The first-order valence-corrected chi connectivity index (χ1v) is 5.77. The standard InChI is InChI=1S/C11H15BrN2O2/c1-3-8(11(13)15)14-9-5-4-7(12)6-10(9)16-2/h4-6,8,14H,3H2,1-2H3,(H2,13,15). The van der Waals surface area contributed by atoms with Gasteiger partial charge in [-0.25, -0.2) is 0 Å². The summed E-state index contributed by atoms with van der Waals surface area (Å²) in [5.74, 6) is 0.307. The van der Waals surface area contributed by atoms with Crippen LogP contribution in [-0.2, 0) is 4.79 Å². The molecule has 0 radical (unpaired) electrons. The number of ether oxygens (including phenoxy) is 1. The van der Waals surface area contributed by atoms with Gasteiger partial charge in [-0.05, 0) is 24.6 Å². The van der Waals surface area contributed by atoms with Gasteiger partial charge >= 0.3 is 0 Å². The van der Waals surface area contributed by atoms with Gasteiger partial charge in [0.05, 0.1) is 12.8 Å². The van der Waals surface area contributed by atoms with Crippen molar-refractivity contribution in [3.63, 3.8) is 0 Å². The van der Waals surface area contributed by atoms with Gasteiger partial charge in [-0.3, -0.25) is 4.79 Å². The van der Waals surface area contributed by atoms with Gasteiger partial charge in [-0.1, -0.05) is 22.9 Å². The molecule has 4 nitrogen and oxygen atoms in total. The van der Waals surface area contributed by atoms with Crippen LogP contribution in [0.1, 0.15) is 13.3 Å². The minimum Gasteiger partial charge on any atom is -0.495 e. The van der Waals surface area contributed by atoms with Crippen molar-refractivity contribution in [2.24, 2.45) is 5.73 Å². The third-order valence-electron chi connectivity index (χ3n) is 2.24. The summed E-state index contributed by atoms with van der Waals surface area (Å²) in [5, 5.41) is 3.05. The van der Waals surface area contributed by atoms with Crippen LogP contribution in [0.5, 0.6) is 5.75 Å². The van der Waals surface area contributed by atoms with E-state index in [9.17, 15) is 4.79 Å². The second-order valence-corrected chi connectivity index (χ2v) is 4.27. The van der Waals surface area contributed by atoms with Crippen LogP contribution in [0, 0.1) is 0 Å². The summed E-state index contributed by atoms with van der Waals surface area (Å²) >= 11 is 3.35. The molecule has 0 bridgehead atoms. The Hall–Kier alpha value is -1.23. The lowest BCUT2D eigenvalue weighted by Gasteiger charge is -2.17. The van der Waals surface area contributed by atoms with Gasteiger partial charge in [0.1, 0.15) is 11.8 Å². The maximum atomic E-state index is 11.1. The van der Waals surface area contributed by atoms with E-state index in [4.69, 9.17) is 10.5 Å². The Bertz CT molecular complexity index is 382. The van der Waals surface area contributed by atoms with Gasteiger partial charge in [0.25, 0.3) is 0 Å². The largest absolute Gasteiger partial charge is 0.495 e. The summed E-state index contributed by atoms with van der Waals surface area (Å²) in [6, 6.07) is 5.17. The maximum absolute atomic E-state index is 11.1. The third kappa shape index (κ3) is 3.13. The Labute approximate surface area is 103 Å². The topological polar surface area (TPSA) is 64.3 Å². The first-order valence-electron chi connectivity index (χ1n) is 4.97. The van der Waals surface area contributed by atoms with Crippen LogP contribution < -0.4 is 15.8 Å². The number of rotatable bonds is 5. The van der Waals surface area contributed by atoms with Gasteiger partial charge in [0.15, 0.2) is 0 Å². The molecular formula is C11H15BrN2O2. The molecule has 1 atom stereocenters. The predicted molar refractivity (Wildman–Crippen MR) is 67.6 cm³/mol. The van der Waals surface area contributed by atoms with E-state index < -0.39 is 0 Å². The Morgan fingerprint density at radius 3 is 2.81 bits per heavy atom. The van der Waals surface area contributed by atoms with Crippen LogP contribution in [0.3, 0.4) is 0 Å². The van der Waals surface area contributed by atoms with E-state index in [1.807, 2.05) is 25.1 Å². The van der Waals surface area contributed by atoms with Crippen molar-refractivity contribution < 1.29 is 9.53 Å². The number of nitrogens with two attached hydrogens (primary N) is 1. The Balaban J connectivity index is 2.91. The maximum Gasteiger partial charge on any atom is 0.239 e. The third-order valence-corrected chi connectivity index (χ3v) is 2.74. The molecule has 1 amide bonds. The van der Waals surface area contributed by atoms with E-state index >= 15 is 0 Å². The second-order valence-electron chi connectivity index (χ2n) is 3.35. The van der Waals surface area contributed by atoms with E-state index in [-0.39, 0.29) is 11.9 Å². The Morgan fingerprint density at radius 1 is 1.62 bits per heavy atom. The lowest BCUT2D eigenvalue weighted by atomic mass is 10.2. The fraction of sp³-hybridized carbons (Fsp3) is 0.364. The van der Waals surface area contributed by atoms with Crippen LogP contribution in [0.15, 0.2) is 22.7 Å². The minimum atomic E-state index is -0.380. The number of primary amides is 1. The molecule has 0 saturated carbocycles. The highest BCUT2D eigenvalue weighted by molar-refractivity contribution is 9.10. The first-order chi connectivity index (χ1) is 7.58. The number of benzene rings is 1. The van der Waals surface area contributed by atoms with Gasteiger partial charge in [0, 0.05) is 4.47 Å².